The van der Waals surface area contributed by atoms with E-state index in [9.17, 15) is 4.79 Å². The van der Waals surface area contributed by atoms with Crippen molar-refractivity contribution in [1.29, 1.82) is 0 Å². The Morgan fingerprint density at radius 3 is 2.47 bits per heavy atom. The van der Waals surface area contributed by atoms with E-state index in [4.69, 9.17) is 0 Å². The van der Waals surface area contributed by atoms with Crippen LogP contribution in [0.3, 0.4) is 0 Å². The maximum absolute atomic E-state index is 12.2. The molecule has 1 amide bonds. The van der Waals surface area contributed by atoms with Gasteiger partial charge in [0, 0.05) is 11.9 Å². The minimum atomic E-state index is -0.355. The van der Waals surface area contributed by atoms with Crippen molar-refractivity contribution in [1.82, 2.24) is 9.78 Å². The summed E-state index contributed by atoms with van der Waals surface area (Å²) < 4.78 is 2.49. The first-order valence-corrected chi connectivity index (χ1v) is 6.84. The van der Waals surface area contributed by atoms with Gasteiger partial charge in [0.05, 0.1) is 10.7 Å². The Bertz CT molecular complexity index is 586. The molecule has 0 spiro atoms. The summed E-state index contributed by atoms with van der Waals surface area (Å²) in [6, 6.07) is 5.63. The molecule has 0 saturated heterocycles. The van der Waals surface area contributed by atoms with Gasteiger partial charge in [-0.15, -0.1) is 0 Å². The van der Waals surface area contributed by atoms with Crippen molar-refractivity contribution in [2.24, 2.45) is 0 Å². The lowest BCUT2D eigenvalue weighted by Gasteiger charge is -2.13. The standard InChI is InChI=1S/C14H16BrN3O/c1-9-4-10(2)6-13(5-9)17-14(19)11(3)18-8-12(15)7-16-18/h4-8,11H,1-3H3,(H,17,19)/t11-/m0/s1. The Morgan fingerprint density at radius 1 is 1.32 bits per heavy atom. The molecule has 100 valence electrons. The first-order chi connectivity index (χ1) is 8.95. The summed E-state index contributed by atoms with van der Waals surface area (Å²) in [5.74, 6) is -0.0828. The third-order valence-corrected chi connectivity index (χ3v) is 3.24. The SMILES string of the molecule is Cc1cc(C)cc(NC(=O)[C@H](C)n2cc(Br)cn2)c1. The molecule has 1 N–H and O–H groups in total. The van der Waals surface area contributed by atoms with Crippen molar-refractivity contribution in [3.63, 3.8) is 0 Å². The average molecular weight is 322 g/mol. The molecular weight excluding hydrogens is 306 g/mol. The lowest BCUT2D eigenvalue weighted by Crippen LogP contribution is -2.24. The van der Waals surface area contributed by atoms with E-state index >= 15 is 0 Å². The van der Waals surface area contributed by atoms with E-state index in [-0.39, 0.29) is 11.9 Å². The van der Waals surface area contributed by atoms with Gasteiger partial charge in [-0.3, -0.25) is 9.48 Å². The molecule has 0 aliphatic rings. The Balaban J connectivity index is 2.12. The lowest BCUT2D eigenvalue weighted by molar-refractivity contribution is -0.119. The number of hydrogen-bond acceptors (Lipinski definition) is 2. The number of amides is 1. The highest BCUT2D eigenvalue weighted by Gasteiger charge is 2.16. The number of benzene rings is 1. The fourth-order valence-corrected chi connectivity index (χ4v) is 2.24. The quantitative estimate of drug-likeness (QED) is 0.941. The van der Waals surface area contributed by atoms with Gasteiger partial charge in [0.25, 0.3) is 0 Å². The smallest absolute Gasteiger partial charge is 0.248 e. The second-order valence-corrected chi connectivity index (χ2v) is 5.60. The summed E-state index contributed by atoms with van der Waals surface area (Å²) >= 11 is 3.32. The van der Waals surface area contributed by atoms with Crippen LogP contribution in [-0.2, 0) is 4.79 Å². The van der Waals surface area contributed by atoms with Gasteiger partial charge in [0.15, 0.2) is 0 Å². The second-order valence-electron chi connectivity index (χ2n) is 4.68. The number of carbonyl (C=O) groups is 1. The summed E-state index contributed by atoms with van der Waals surface area (Å²) in [5, 5.41) is 7.04. The molecule has 0 radical (unpaired) electrons. The van der Waals surface area contributed by atoms with E-state index in [2.05, 4.69) is 32.4 Å². The first-order valence-electron chi connectivity index (χ1n) is 6.04. The van der Waals surface area contributed by atoms with E-state index in [0.29, 0.717) is 0 Å². The van der Waals surface area contributed by atoms with Crippen LogP contribution in [-0.4, -0.2) is 15.7 Å². The molecule has 19 heavy (non-hydrogen) atoms. The number of aromatic nitrogens is 2. The van der Waals surface area contributed by atoms with Gasteiger partial charge in [-0.05, 0) is 60.0 Å². The number of nitrogens with one attached hydrogen (secondary N) is 1. The van der Waals surface area contributed by atoms with Crippen LogP contribution in [0.1, 0.15) is 24.1 Å². The van der Waals surface area contributed by atoms with E-state index in [1.54, 1.807) is 17.1 Å². The predicted octanol–water partition coefficient (Wildman–Crippen LogP) is 3.46. The lowest BCUT2D eigenvalue weighted by atomic mass is 10.1. The normalized spacial score (nSPS) is 12.2. The van der Waals surface area contributed by atoms with E-state index < -0.39 is 0 Å². The van der Waals surface area contributed by atoms with Crippen molar-refractivity contribution in [2.45, 2.75) is 26.8 Å². The number of rotatable bonds is 3. The van der Waals surface area contributed by atoms with Crippen molar-refractivity contribution < 1.29 is 4.79 Å². The summed E-state index contributed by atoms with van der Waals surface area (Å²) in [4.78, 5) is 12.2. The highest BCUT2D eigenvalue weighted by molar-refractivity contribution is 9.10. The molecule has 1 heterocycles. The largest absolute Gasteiger partial charge is 0.324 e. The van der Waals surface area contributed by atoms with E-state index in [1.165, 1.54) is 0 Å². The fraction of sp³-hybridized carbons (Fsp3) is 0.286. The molecule has 0 unspecified atom stereocenters. The minimum absolute atomic E-state index is 0.0828. The molecule has 1 aromatic heterocycles. The summed E-state index contributed by atoms with van der Waals surface area (Å²) in [5.41, 5.74) is 3.08. The number of carbonyl (C=O) groups excluding carboxylic acids is 1. The van der Waals surface area contributed by atoms with Crippen molar-refractivity contribution in [2.75, 3.05) is 5.32 Å². The van der Waals surface area contributed by atoms with Gasteiger partial charge in [-0.2, -0.15) is 5.10 Å². The molecule has 2 rings (SSSR count). The van der Waals surface area contributed by atoms with Gasteiger partial charge in [0.1, 0.15) is 6.04 Å². The van der Waals surface area contributed by atoms with Gasteiger partial charge >= 0.3 is 0 Å². The Hall–Kier alpha value is -1.62. The number of aryl methyl sites for hydroxylation is 2. The monoisotopic (exact) mass is 321 g/mol. The number of hydrogen-bond donors (Lipinski definition) is 1. The molecule has 5 heteroatoms. The number of nitrogens with zero attached hydrogens (tertiary/aromatic N) is 2. The summed E-state index contributed by atoms with van der Waals surface area (Å²) in [6.45, 7) is 5.84. The topological polar surface area (TPSA) is 46.9 Å². The van der Waals surface area contributed by atoms with E-state index in [0.717, 1.165) is 21.3 Å². The predicted molar refractivity (Wildman–Crippen MR) is 79.2 cm³/mol. The van der Waals surface area contributed by atoms with Crippen LogP contribution in [0.15, 0.2) is 35.1 Å². The van der Waals surface area contributed by atoms with Gasteiger partial charge in [0.2, 0.25) is 5.91 Å². The van der Waals surface area contributed by atoms with Crippen LogP contribution < -0.4 is 5.32 Å². The van der Waals surface area contributed by atoms with Gasteiger partial charge < -0.3 is 5.32 Å². The van der Waals surface area contributed by atoms with Crippen molar-refractivity contribution in [3.05, 3.63) is 46.2 Å². The molecule has 4 nitrogen and oxygen atoms in total. The zero-order valence-electron chi connectivity index (χ0n) is 11.1. The summed E-state index contributed by atoms with van der Waals surface area (Å²) in [6.07, 6.45) is 3.45. The fourth-order valence-electron chi connectivity index (χ4n) is 1.94. The zero-order chi connectivity index (χ0) is 14.0. The highest BCUT2D eigenvalue weighted by Crippen LogP contribution is 2.17. The van der Waals surface area contributed by atoms with Gasteiger partial charge in [-0.25, -0.2) is 0 Å². The van der Waals surface area contributed by atoms with Crippen LogP contribution in [0.4, 0.5) is 5.69 Å². The van der Waals surface area contributed by atoms with E-state index in [1.807, 2.05) is 32.9 Å². The molecule has 1 atom stereocenters. The van der Waals surface area contributed by atoms with Crippen LogP contribution in [0, 0.1) is 13.8 Å². The molecule has 0 aliphatic carbocycles. The highest BCUT2D eigenvalue weighted by atomic mass is 79.9. The first kappa shape index (κ1) is 13.8. The molecule has 0 saturated carbocycles. The van der Waals surface area contributed by atoms with Crippen LogP contribution >= 0.6 is 15.9 Å². The van der Waals surface area contributed by atoms with Gasteiger partial charge in [-0.1, -0.05) is 6.07 Å². The summed E-state index contributed by atoms with van der Waals surface area (Å²) in [7, 11) is 0. The Labute approximate surface area is 120 Å². The van der Waals surface area contributed by atoms with Crippen molar-refractivity contribution >= 4 is 27.5 Å². The third-order valence-electron chi connectivity index (χ3n) is 2.84. The molecule has 0 bridgehead atoms. The third kappa shape index (κ3) is 3.44. The number of anilines is 1. The zero-order valence-corrected chi connectivity index (χ0v) is 12.7. The number of halogens is 1. The second kappa shape index (κ2) is 5.57. The Kier molecular flexibility index (Phi) is 4.04. The molecule has 2 aromatic rings. The molecule has 0 fully saturated rings. The van der Waals surface area contributed by atoms with Crippen LogP contribution in [0.5, 0.6) is 0 Å². The maximum atomic E-state index is 12.2. The van der Waals surface area contributed by atoms with Crippen LogP contribution in [0.2, 0.25) is 0 Å². The maximum Gasteiger partial charge on any atom is 0.248 e. The van der Waals surface area contributed by atoms with Crippen LogP contribution in [0.25, 0.3) is 0 Å². The molecular formula is C14H16BrN3O. The molecule has 1 aromatic carbocycles. The molecule has 0 aliphatic heterocycles. The van der Waals surface area contributed by atoms with Crippen molar-refractivity contribution in [3.8, 4) is 0 Å². The minimum Gasteiger partial charge on any atom is -0.324 e. The Morgan fingerprint density at radius 2 is 1.95 bits per heavy atom. The average Bonchev–Trinajstić information content (AvgIpc) is 2.73.